The van der Waals surface area contributed by atoms with Crippen molar-refractivity contribution >= 4 is 50.2 Å². The Morgan fingerprint density at radius 3 is 2.32 bits per heavy atom. The maximum absolute atomic E-state index is 15.7. The zero-order valence-corrected chi connectivity index (χ0v) is 34.8. The van der Waals surface area contributed by atoms with E-state index in [2.05, 4.69) is 48.3 Å². The largest absolute Gasteiger partial charge is 0.372 e. The zero-order valence-electron chi connectivity index (χ0n) is 34.0. The van der Waals surface area contributed by atoms with Gasteiger partial charge in [0.05, 0.1) is 22.9 Å². The van der Waals surface area contributed by atoms with E-state index in [1.54, 1.807) is 12.3 Å². The number of H-pyrrole nitrogens is 1. The molecule has 3 N–H and O–H groups in total. The first-order valence-electron chi connectivity index (χ1n) is 21.2. The van der Waals surface area contributed by atoms with Crippen LogP contribution in [-0.4, -0.2) is 102 Å². The van der Waals surface area contributed by atoms with Crippen molar-refractivity contribution in [2.45, 2.75) is 63.0 Å². The summed E-state index contributed by atoms with van der Waals surface area (Å²) in [4.78, 5) is 54.5. The molecule has 3 aromatic heterocycles. The maximum atomic E-state index is 15.7. The van der Waals surface area contributed by atoms with Crippen LogP contribution in [0.4, 0.5) is 24.5 Å². The van der Waals surface area contributed by atoms with Crippen LogP contribution in [0.2, 0.25) is 0 Å². The summed E-state index contributed by atoms with van der Waals surface area (Å²) in [5.74, 6) is -3.33. The van der Waals surface area contributed by atoms with E-state index in [1.165, 1.54) is 11.8 Å². The third-order valence-corrected chi connectivity index (χ3v) is 14.4. The van der Waals surface area contributed by atoms with Gasteiger partial charge < -0.3 is 14.8 Å². The molecule has 5 aromatic rings. The lowest BCUT2D eigenvalue weighted by Gasteiger charge is -2.38. The van der Waals surface area contributed by atoms with Gasteiger partial charge in [-0.1, -0.05) is 18.2 Å². The summed E-state index contributed by atoms with van der Waals surface area (Å²) in [7, 11) is -4.35. The number of hydrogen-bond donors (Lipinski definition) is 3. The molecule has 0 saturated carbocycles. The highest BCUT2D eigenvalue weighted by Gasteiger charge is 2.34. The molecule has 324 valence electrons. The number of aromatic nitrogens is 3. The fraction of sp³-hybridized carbons (Fsp3) is 0.400. The number of benzene rings is 2. The fourth-order valence-electron chi connectivity index (χ4n) is 9.33. The van der Waals surface area contributed by atoms with Crippen LogP contribution in [0.5, 0.6) is 0 Å². The van der Waals surface area contributed by atoms with E-state index in [4.69, 9.17) is 0 Å². The van der Waals surface area contributed by atoms with E-state index < -0.39 is 45.0 Å². The number of carbonyl (C=O) groups is 3. The smallest absolute Gasteiger partial charge is 0.301 e. The van der Waals surface area contributed by atoms with Crippen molar-refractivity contribution in [1.29, 1.82) is 0 Å². The summed E-state index contributed by atoms with van der Waals surface area (Å²) in [5, 5.41) is 2.76. The van der Waals surface area contributed by atoms with Gasteiger partial charge in [-0.3, -0.25) is 29.4 Å². The number of ketones is 1. The highest BCUT2D eigenvalue weighted by molar-refractivity contribution is 7.90. The van der Waals surface area contributed by atoms with Crippen LogP contribution in [0.1, 0.15) is 84.0 Å². The lowest BCUT2D eigenvalue weighted by atomic mass is 9.88. The number of likely N-dealkylation sites (tertiary alicyclic amines) is 1. The van der Waals surface area contributed by atoms with Crippen LogP contribution in [-0.2, 0) is 19.8 Å². The second-order valence-corrected chi connectivity index (χ2v) is 18.5. The van der Waals surface area contributed by atoms with E-state index in [1.807, 2.05) is 29.1 Å². The lowest BCUT2D eigenvalue weighted by Crippen LogP contribution is -2.41. The molecule has 9 rings (SSSR count). The molecule has 4 fully saturated rings. The van der Waals surface area contributed by atoms with Gasteiger partial charge in [0.2, 0.25) is 17.6 Å². The fourth-order valence-corrected chi connectivity index (χ4v) is 10.6. The number of nitrogens with zero attached hydrogens (tertiary/aromatic N) is 5. The number of rotatable bonds is 11. The number of hydrogen-bond acceptors (Lipinski definition) is 9. The van der Waals surface area contributed by atoms with Crippen molar-refractivity contribution in [3.8, 4) is 11.1 Å². The van der Waals surface area contributed by atoms with Crippen LogP contribution in [0.25, 0.3) is 22.2 Å². The van der Waals surface area contributed by atoms with Gasteiger partial charge in [-0.05, 0) is 111 Å². The molecule has 7 heterocycles. The SMILES string of the molecule is O=C1CCC(c2ccc(C3CCN(CC4CCN(c5ccc(-c6cnc7[nH]cc(C(=O)c8c(F)ccc(NS(=O)(=O)N9CC[C@@H](F)C9)c8F)c7c6)cc5)CC4)CC3)cn2)C(=O)N1. The van der Waals surface area contributed by atoms with E-state index in [-0.39, 0.29) is 42.8 Å². The summed E-state index contributed by atoms with van der Waals surface area (Å²) in [6.07, 6.45) is 8.70. The van der Waals surface area contributed by atoms with Crippen LogP contribution < -0.4 is 14.9 Å². The number of alkyl halides is 1. The minimum atomic E-state index is -4.35. The Hall–Kier alpha value is -5.65. The first kappa shape index (κ1) is 41.7. The van der Waals surface area contributed by atoms with Crippen molar-refractivity contribution in [2.24, 2.45) is 5.92 Å². The van der Waals surface area contributed by atoms with Crippen molar-refractivity contribution in [3.63, 3.8) is 0 Å². The summed E-state index contributed by atoms with van der Waals surface area (Å²) < 4.78 is 73.0. The average molecular weight is 869 g/mol. The molecule has 17 heteroatoms. The number of piperidine rings is 3. The molecule has 62 heavy (non-hydrogen) atoms. The van der Waals surface area contributed by atoms with Crippen molar-refractivity contribution < 1.29 is 36.0 Å². The monoisotopic (exact) mass is 868 g/mol. The number of halogens is 3. The molecular weight excluding hydrogens is 822 g/mol. The molecule has 2 aromatic carbocycles. The minimum Gasteiger partial charge on any atom is -0.372 e. The standard InChI is InChI=1S/C45H47F3N8O5S/c46-32-15-20-56(26-32)62(60,61)53-39-9-7-37(47)41(42(39)48)43(58)36-24-51-44-35(36)21-31(23-50-44)28-1-4-33(5-2-28)55-18-11-27(12-19-55)25-54-16-13-29(14-17-54)30-3-8-38(49-22-30)34-6-10-40(57)52-45(34)59/h1-5,7-9,21-24,27,29,32,34,53H,6,10-20,25-26H2,(H,50,51)(H,52,57,59)/t32-,34?/m1/s1. The van der Waals surface area contributed by atoms with E-state index >= 15 is 8.78 Å². The number of amides is 2. The van der Waals surface area contributed by atoms with Crippen LogP contribution in [0.3, 0.4) is 0 Å². The van der Waals surface area contributed by atoms with E-state index in [9.17, 15) is 27.2 Å². The number of anilines is 2. The molecule has 0 bridgehead atoms. The predicted octanol–water partition coefficient (Wildman–Crippen LogP) is 6.45. The Kier molecular flexibility index (Phi) is 11.6. The highest BCUT2D eigenvalue weighted by Crippen LogP contribution is 2.34. The summed E-state index contributed by atoms with van der Waals surface area (Å²) >= 11 is 0. The quantitative estimate of drug-likeness (QED) is 0.100. The molecule has 2 amide bonds. The van der Waals surface area contributed by atoms with Crippen LogP contribution in [0, 0.1) is 17.6 Å². The summed E-state index contributed by atoms with van der Waals surface area (Å²) in [6, 6.07) is 15.6. The first-order chi connectivity index (χ1) is 29.9. The maximum Gasteiger partial charge on any atom is 0.301 e. The second kappa shape index (κ2) is 17.3. The lowest BCUT2D eigenvalue weighted by molar-refractivity contribution is -0.134. The molecule has 4 aliphatic rings. The molecule has 0 radical (unpaired) electrons. The van der Waals surface area contributed by atoms with Crippen molar-refractivity contribution in [2.75, 3.05) is 55.4 Å². The molecule has 13 nitrogen and oxygen atoms in total. The van der Waals surface area contributed by atoms with Gasteiger partial charge >= 0.3 is 10.2 Å². The minimum absolute atomic E-state index is 0.00855. The van der Waals surface area contributed by atoms with Crippen LogP contribution in [0.15, 0.2) is 73.2 Å². The Labute approximate surface area is 357 Å². The van der Waals surface area contributed by atoms with Crippen LogP contribution >= 0.6 is 0 Å². The molecular formula is C45H47F3N8O5S. The van der Waals surface area contributed by atoms with Gasteiger partial charge in [-0.15, -0.1) is 0 Å². The normalized spacial score (nSPS) is 21.1. The molecule has 0 aliphatic carbocycles. The van der Waals surface area contributed by atoms with E-state index in [0.717, 1.165) is 91.8 Å². The van der Waals surface area contributed by atoms with Gasteiger partial charge in [-0.25, -0.2) is 18.2 Å². The molecule has 2 atom stereocenters. The third kappa shape index (κ3) is 8.57. The molecule has 0 spiro atoms. The van der Waals surface area contributed by atoms with Gasteiger partial charge in [0, 0.05) is 79.9 Å². The number of nitrogens with one attached hydrogen (secondary N) is 3. The summed E-state index contributed by atoms with van der Waals surface area (Å²) in [6.45, 7) is 4.57. The van der Waals surface area contributed by atoms with Gasteiger partial charge in [0.15, 0.2) is 5.82 Å². The number of imide groups is 1. The number of aromatic amines is 1. The number of carbonyl (C=O) groups excluding carboxylic acids is 3. The number of fused-ring (bicyclic) bond motifs is 1. The Balaban J connectivity index is 0.790. The van der Waals surface area contributed by atoms with Gasteiger partial charge in [-0.2, -0.15) is 12.7 Å². The number of pyridine rings is 2. The third-order valence-electron chi connectivity index (χ3n) is 12.9. The van der Waals surface area contributed by atoms with E-state index in [0.29, 0.717) is 41.3 Å². The summed E-state index contributed by atoms with van der Waals surface area (Å²) in [5.41, 5.74) is 3.32. The Morgan fingerprint density at radius 2 is 1.63 bits per heavy atom. The Bertz CT molecular complexity index is 2610. The molecule has 4 saturated heterocycles. The van der Waals surface area contributed by atoms with Crippen molar-refractivity contribution in [3.05, 3.63) is 107 Å². The van der Waals surface area contributed by atoms with Gasteiger partial charge in [0.1, 0.15) is 17.6 Å². The average Bonchev–Trinajstić information content (AvgIpc) is 3.92. The predicted molar refractivity (Wildman–Crippen MR) is 228 cm³/mol. The second-order valence-electron chi connectivity index (χ2n) is 16.9. The van der Waals surface area contributed by atoms with Gasteiger partial charge in [0.25, 0.3) is 0 Å². The first-order valence-corrected chi connectivity index (χ1v) is 22.6. The Morgan fingerprint density at radius 1 is 0.855 bits per heavy atom. The topological polar surface area (TPSA) is 161 Å². The molecule has 4 aliphatic heterocycles. The highest BCUT2D eigenvalue weighted by atomic mass is 32.2. The van der Waals surface area contributed by atoms with Crippen molar-refractivity contribution in [1.82, 2.24) is 29.5 Å². The zero-order chi connectivity index (χ0) is 43.1. The molecule has 1 unspecified atom stereocenters.